The molecular formula is C10H18N6. The maximum absolute atomic E-state index is 4.17. The predicted molar refractivity (Wildman–Crippen MR) is 61.9 cm³/mol. The van der Waals surface area contributed by atoms with E-state index in [1.54, 1.807) is 13.4 Å². The second-order valence-electron chi connectivity index (χ2n) is 4.25. The Hall–Kier alpha value is -1.59. The first-order valence-electron chi connectivity index (χ1n) is 5.50. The van der Waals surface area contributed by atoms with E-state index in [-0.39, 0.29) is 0 Å². The van der Waals surface area contributed by atoms with Gasteiger partial charge in [-0.2, -0.15) is 0 Å². The molecule has 1 fully saturated rings. The Morgan fingerprint density at radius 3 is 2.94 bits per heavy atom. The number of aryl methyl sites for hydroxylation is 1. The van der Waals surface area contributed by atoms with Gasteiger partial charge in [0.15, 0.2) is 11.8 Å². The lowest BCUT2D eigenvalue weighted by Gasteiger charge is -2.10. The molecule has 0 bridgehead atoms. The van der Waals surface area contributed by atoms with Crippen LogP contribution < -0.4 is 10.6 Å². The van der Waals surface area contributed by atoms with Crippen LogP contribution in [0, 0.1) is 5.92 Å². The molecule has 0 aliphatic heterocycles. The molecule has 2 unspecified atom stereocenters. The molecule has 2 rings (SSSR count). The zero-order valence-corrected chi connectivity index (χ0v) is 9.94. The van der Waals surface area contributed by atoms with Crippen molar-refractivity contribution in [2.24, 2.45) is 18.0 Å². The summed E-state index contributed by atoms with van der Waals surface area (Å²) in [4.78, 5) is 4.17. The van der Waals surface area contributed by atoms with Crippen LogP contribution in [0.4, 0.5) is 0 Å². The summed E-state index contributed by atoms with van der Waals surface area (Å²) in [6.45, 7) is 2.87. The molecule has 6 heteroatoms. The lowest BCUT2D eigenvalue weighted by Crippen LogP contribution is -2.39. The Kier molecular flexibility index (Phi) is 3.07. The maximum Gasteiger partial charge on any atom is 0.191 e. The highest BCUT2D eigenvalue weighted by molar-refractivity contribution is 5.80. The second kappa shape index (κ2) is 4.51. The van der Waals surface area contributed by atoms with Crippen molar-refractivity contribution < 1.29 is 0 Å². The van der Waals surface area contributed by atoms with Gasteiger partial charge in [-0.1, -0.05) is 6.92 Å². The van der Waals surface area contributed by atoms with Crippen LogP contribution in [0.15, 0.2) is 11.3 Å². The van der Waals surface area contributed by atoms with Crippen molar-refractivity contribution in [1.82, 2.24) is 25.4 Å². The van der Waals surface area contributed by atoms with Gasteiger partial charge in [-0.25, -0.2) is 0 Å². The Labute approximate surface area is 95.2 Å². The molecule has 6 nitrogen and oxygen atoms in total. The SMILES string of the molecule is CN=C(NCc1nncn1C)NC1CC1C. The van der Waals surface area contributed by atoms with Crippen molar-refractivity contribution >= 4 is 5.96 Å². The Morgan fingerprint density at radius 1 is 1.69 bits per heavy atom. The third-order valence-electron chi connectivity index (χ3n) is 2.87. The first-order valence-corrected chi connectivity index (χ1v) is 5.50. The smallest absolute Gasteiger partial charge is 0.191 e. The third kappa shape index (κ3) is 2.50. The summed E-state index contributed by atoms with van der Waals surface area (Å²) in [5.41, 5.74) is 0. The average Bonchev–Trinajstić information content (AvgIpc) is 2.79. The lowest BCUT2D eigenvalue weighted by molar-refractivity contribution is 0.714. The van der Waals surface area contributed by atoms with Crippen LogP contribution in [0.25, 0.3) is 0 Å². The molecule has 16 heavy (non-hydrogen) atoms. The van der Waals surface area contributed by atoms with E-state index in [2.05, 4.69) is 32.7 Å². The highest BCUT2D eigenvalue weighted by atomic mass is 15.3. The molecule has 1 aliphatic carbocycles. The fraction of sp³-hybridized carbons (Fsp3) is 0.700. The maximum atomic E-state index is 4.17. The highest BCUT2D eigenvalue weighted by Gasteiger charge is 2.33. The molecule has 0 spiro atoms. The zero-order chi connectivity index (χ0) is 11.5. The molecule has 1 saturated carbocycles. The van der Waals surface area contributed by atoms with E-state index in [4.69, 9.17) is 0 Å². The molecule has 1 aliphatic rings. The van der Waals surface area contributed by atoms with Gasteiger partial charge < -0.3 is 15.2 Å². The molecule has 0 saturated heterocycles. The number of aliphatic imine (C=N–C) groups is 1. The summed E-state index contributed by atoms with van der Waals surface area (Å²) >= 11 is 0. The van der Waals surface area contributed by atoms with Crippen LogP contribution in [0.1, 0.15) is 19.2 Å². The van der Waals surface area contributed by atoms with E-state index >= 15 is 0 Å². The molecule has 0 radical (unpaired) electrons. The van der Waals surface area contributed by atoms with Crippen LogP contribution in [0.3, 0.4) is 0 Å². The van der Waals surface area contributed by atoms with E-state index in [0.29, 0.717) is 12.6 Å². The number of hydrogen-bond donors (Lipinski definition) is 2. The fourth-order valence-electron chi connectivity index (χ4n) is 1.52. The van der Waals surface area contributed by atoms with Crippen LogP contribution >= 0.6 is 0 Å². The summed E-state index contributed by atoms with van der Waals surface area (Å²) in [7, 11) is 3.70. The van der Waals surface area contributed by atoms with E-state index in [9.17, 15) is 0 Å². The van der Waals surface area contributed by atoms with Gasteiger partial charge in [0, 0.05) is 20.1 Å². The Bertz CT molecular complexity index is 382. The second-order valence-corrected chi connectivity index (χ2v) is 4.25. The average molecular weight is 222 g/mol. The standard InChI is InChI=1S/C10H18N6/c1-7-4-8(7)14-10(11-2)12-5-9-15-13-6-16(9)3/h6-8H,4-5H2,1-3H3,(H2,11,12,14). The minimum absolute atomic E-state index is 0.575. The van der Waals surface area contributed by atoms with E-state index < -0.39 is 0 Å². The van der Waals surface area contributed by atoms with E-state index in [1.807, 2.05) is 11.6 Å². The quantitative estimate of drug-likeness (QED) is 0.553. The molecule has 0 aromatic carbocycles. The number of nitrogens with zero attached hydrogens (tertiary/aromatic N) is 4. The summed E-state index contributed by atoms with van der Waals surface area (Å²) < 4.78 is 1.89. The number of rotatable bonds is 3. The van der Waals surface area contributed by atoms with Gasteiger partial charge in [0.2, 0.25) is 0 Å². The normalized spacial score (nSPS) is 24.3. The molecule has 0 amide bonds. The van der Waals surface area contributed by atoms with Crippen molar-refractivity contribution in [2.75, 3.05) is 7.05 Å². The van der Waals surface area contributed by atoms with Crippen LogP contribution in [-0.2, 0) is 13.6 Å². The molecule has 1 aromatic rings. The summed E-state index contributed by atoms with van der Waals surface area (Å²) in [6.07, 6.45) is 2.92. The van der Waals surface area contributed by atoms with Crippen LogP contribution in [-0.4, -0.2) is 33.8 Å². The van der Waals surface area contributed by atoms with Crippen molar-refractivity contribution in [2.45, 2.75) is 25.9 Å². The zero-order valence-electron chi connectivity index (χ0n) is 9.94. The highest BCUT2D eigenvalue weighted by Crippen LogP contribution is 2.28. The summed E-state index contributed by atoms with van der Waals surface area (Å²) in [6, 6.07) is 0.575. The molecule has 2 atom stereocenters. The largest absolute Gasteiger partial charge is 0.353 e. The van der Waals surface area contributed by atoms with Gasteiger partial charge in [-0.05, 0) is 12.3 Å². The summed E-state index contributed by atoms with van der Waals surface area (Å²) in [5.74, 6) is 2.48. The van der Waals surface area contributed by atoms with Gasteiger partial charge in [-0.15, -0.1) is 10.2 Å². The first kappa shape index (κ1) is 10.9. The van der Waals surface area contributed by atoms with Gasteiger partial charge in [0.1, 0.15) is 6.33 Å². The van der Waals surface area contributed by atoms with Gasteiger partial charge in [0.05, 0.1) is 6.54 Å². The number of aromatic nitrogens is 3. The van der Waals surface area contributed by atoms with E-state index in [0.717, 1.165) is 17.7 Å². The molecular weight excluding hydrogens is 204 g/mol. The molecule has 88 valence electrons. The first-order chi connectivity index (χ1) is 7.70. The number of guanidine groups is 1. The topological polar surface area (TPSA) is 67.1 Å². The van der Waals surface area contributed by atoms with Crippen molar-refractivity contribution in [1.29, 1.82) is 0 Å². The van der Waals surface area contributed by atoms with Gasteiger partial charge >= 0.3 is 0 Å². The number of nitrogens with one attached hydrogen (secondary N) is 2. The lowest BCUT2D eigenvalue weighted by atomic mass is 10.5. The summed E-state index contributed by atoms with van der Waals surface area (Å²) in [5, 5.41) is 14.4. The van der Waals surface area contributed by atoms with Crippen LogP contribution in [0.5, 0.6) is 0 Å². The van der Waals surface area contributed by atoms with Gasteiger partial charge in [0.25, 0.3) is 0 Å². The van der Waals surface area contributed by atoms with Crippen LogP contribution in [0.2, 0.25) is 0 Å². The Balaban J connectivity index is 1.81. The van der Waals surface area contributed by atoms with Crippen molar-refractivity contribution in [3.63, 3.8) is 0 Å². The monoisotopic (exact) mass is 222 g/mol. The molecule has 1 aromatic heterocycles. The minimum Gasteiger partial charge on any atom is -0.353 e. The van der Waals surface area contributed by atoms with Crippen molar-refractivity contribution in [3.8, 4) is 0 Å². The predicted octanol–water partition coefficient (Wildman–Crippen LogP) is -0.111. The van der Waals surface area contributed by atoms with E-state index in [1.165, 1.54) is 6.42 Å². The van der Waals surface area contributed by atoms with Gasteiger partial charge in [-0.3, -0.25) is 4.99 Å². The molecule has 1 heterocycles. The number of hydrogen-bond acceptors (Lipinski definition) is 3. The fourth-order valence-corrected chi connectivity index (χ4v) is 1.52. The minimum atomic E-state index is 0.575. The Morgan fingerprint density at radius 2 is 2.44 bits per heavy atom. The molecule has 2 N–H and O–H groups in total. The van der Waals surface area contributed by atoms with Crippen molar-refractivity contribution in [3.05, 3.63) is 12.2 Å². The third-order valence-corrected chi connectivity index (χ3v) is 2.87.